The second kappa shape index (κ2) is 4.15. The third kappa shape index (κ3) is 2.16. The number of thiophene rings is 1. The Hall–Kier alpha value is -0.800. The van der Waals surface area contributed by atoms with E-state index in [1.54, 1.807) is 17.4 Å². The number of phenolic OH excluding ortho intramolecular Hbond substituents is 1. The van der Waals surface area contributed by atoms with Crippen LogP contribution in [-0.4, -0.2) is 5.11 Å². The van der Waals surface area contributed by atoms with Crippen molar-refractivity contribution in [2.75, 3.05) is 0 Å². The van der Waals surface area contributed by atoms with E-state index in [2.05, 4.69) is 22.0 Å². The van der Waals surface area contributed by atoms with E-state index in [-0.39, 0.29) is 0 Å². The van der Waals surface area contributed by atoms with Crippen molar-refractivity contribution in [1.29, 1.82) is 0 Å². The van der Waals surface area contributed by atoms with E-state index in [1.165, 1.54) is 4.88 Å². The standard InChI is InChI=1S/C11H9BrOS/c12-9-3-4-11(13)8(6-9)7-10-2-1-5-14-10/h1-6,13H,7H2. The molecule has 0 aliphatic carbocycles. The molecule has 0 saturated heterocycles. The molecule has 0 atom stereocenters. The SMILES string of the molecule is Oc1ccc(Br)cc1Cc1cccs1. The lowest BCUT2D eigenvalue weighted by atomic mass is 10.1. The van der Waals surface area contributed by atoms with Crippen LogP contribution < -0.4 is 0 Å². The highest BCUT2D eigenvalue weighted by molar-refractivity contribution is 9.10. The average Bonchev–Trinajstić information content (AvgIpc) is 2.64. The van der Waals surface area contributed by atoms with Crippen molar-refractivity contribution in [3.8, 4) is 5.75 Å². The predicted octanol–water partition coefficient (Wildman–Crippen LogP) is 3.81. The Morgan fingerprint density at radius 2 is 2.14 bits per heavy atom. The molecule has 1 aromatic heterocycles. The largest absolute Gasteiger partial charge is 0.508 e. The van der Waals surface area contributed by atoms with Gasteiger partial charge in [-0.05, 0) is 29.6 Å². The first-order valence-electron chi connectivity index (χ1n) is 4.25. The van der Waals surface area contributed by atoms with Gasteiger partial charge in [0.05, 0.1) is 0 Å². The van der Waals surface area contributed by atoms with Gasteiger partial charge < -0.3 is 5.11 Å². The topological polar surface area (TPSA) is 20.2 Å². The fourth-order valence-corrected chi connectivity index (χ4v) is 2.43. The number of rotatable bonds is 2. The molecule has 2 rings (SSSR count). The number of phenols is 1. The Bertz CT molecular complexity index is 423. The van der Waals surface area contributed by atoms with Crippen molar-refractivity contribution in [3.63, 3.8) is 0 Å². The number of hydrogen-bond donors (Lipinski definition) is 1. The minimum Gasteiger partial charge on any atom is -0.508 e. The Morgan fingerprint density at radius 3 is 2.86 bits per heavy atom. The first kappa shape index (κ1) is 9.74. The van der Waals surface area contributed by atoms with Crippen LogP contribution in [0.15, 0.2) is 40.2 Å². The van der Waals surface area contributed by atoms with Crippen LogP contribution in [0.2, 0.25) is 0 Å². The third-order valence-electron chi connectivity index (χ3n) is 1.99. The second-order valence-corrected chi connectivity index (χ2v) is 4.98. The minimum absolute atomic E-state index is 0.363. The average molecular weight is 269 g/mol. The molecule has 3 heteroatoms. The van der Waals surface area contributed by atoms with Crippen molar-refractivity contribution in [2.24, 2.45) is 0 Å². The van der Waals surface area contributed by atoms with Gasteiger partial charge in [0.25, 0.3) is 0 Å². The van der Waals surface area contributed by atoms with Gasteiger partial charge in [-0.3, -0.25) is 0 Å². The molecule has 0 aliphatic heterocycles. The molecular weight excluding hydrogens is 260 g/mol. The summed E-state index contributed by atoms with van der Waals surface area (Å²) in [5, 5.41) is 11.7. The van der Waals surface area contributed by atoms with Crippen molar-refractivity contribution in [2.45, 2.75) is 6.42 Å². The van der Waals surface area contributed by atoms with Gasteiger partial charge in [-0.2, -0.15) is 0 Å². The van der Waals surface area contributed by atoms with E-state index in [4.69, 9.17) is 0 Å². The molecule has 2 aromatic rings. The predicted molar refractivity (Wildman–Crippen MR) is 62.9 cm³/mol. The van der Waals surface area contributed by atoms with E-state index < -0.39 is 0 Å². The summed E-state index contributed by atoms with van der Waals surface area (Å²) in [6.07, 6.45) is 0.795. The normalized spacial score (nSPS) is 10.4. The minimum atomic E-state index is 0.363. The number of aromatic hydroxyl groups is 1. The zero-order chi connectivity index (χ0) is 9.97. The van der Waals surface area contributed by atoms with Crippen LogP contribution in [0.1, 0.15) is 10.4 Å². The molecule has 0 amide bonds. The van der Waals surface area contributed by atoms with Crippen LogP contribution in [0.3, 0.4) is 0 Å². The molecule has 0 unspecified atom stereocenters. The molecule has 1 nitrogen and oxygen atoms in total. The fourth-order valence-electron chi connectivity index (χ4n) is 1.30. The third-order valence-corrected chi connectivity index (χ3v) is 3.36. The van der Waals surface area contributed by atoms with Crippen molar-refractivity contribution >= 4 is 27.3 Å². The van der Waals surface area contributed by atoms with Crippen molar-refractivity contribution < 1.29 is 5.11 Å². The lowest BCUT2D eigenvalue weighted by Gasteiger charge is -2.03. The Labute approximate surface area is 95.2 Å². The summed E-state index contributed by atoms with van der Waals surface area (Å²) in [4.78, 5) is 1.26. The van der Waals surface area contributed by atoms with Crippen LogP contribution in [0.4, 0.5) is 0 Å². The molecule has 0 fully saturated rings. The van der Waals surface area contributed by atoms with Gasteiger partial charge in [0.1, 0.15) is 5.75 Å². The maximum absolute atomic E-state index is 9.62. The van der Waals surface area contributed by atoms with Crippen molar-refractivity contribution in [1.82, 2.24) is 0 Å². The highest BCUT2D eigenvalue weighted by atomic mass is 79.9. The summed E-state index contributed by atoms with van der Waals surface area (Å²) >= 11 is 5.10. The van der Waals surface area contributed by atoms with Gasteiger partial charge in [-0.1, -0.05) is 22.0 Å². The van der Waals surface area contributed by atoms with Crippen LogP contribution >= 0.6 is 27.3 Å². The second-order valence-electron chi connectivity index (χ2n) is 3.03. The summed E-state index contributed by atoms with van der Waals surface area (Å²) in [5.74, 6) is 0.363. The molecular formula is C11H9BrOS. The van der Waals surface area contributed by atoms with Gasteiger partial charge in [0.2, 0.25) is 0 Å². The quantitative estimate of drug-likeness (QED) is 0.879. The fraction of sp³-hybridized carbons (Fsp3) is 0.0909. The summed E-state index contributed by atoms with van der Waals surface area (Å²) in [5.41, 5.74) is 0.960. The Balaban J connectivity index is 2.28. The summed E-state index contributed by atoms with van der Waals surface area (Å²) < 4.78 is 1.00. The van der Waals surface area contributed by atoms with Gasteiger partial charge in [-0.25, -0.2) is 0 Å². The highest BCUT2D eigenvalue weighted by Gasteiger charge is 2.03. The van der Waals surface area contributed by atoms with Crippen LogP contribution in [0, 0.1) is 0 Å². The summed E-state index contributed by atoms with van der Waals surface area (Å²) in [6.45, 7) is 0. The van der Waals surface area contributed by atoms with E-state index in [0.29, 0.717) is 5.75 Å². The molecule has 1 N–H and O–H groups in total. The summed E-state index contributed by atoms with van der Waals surface area (Å²) in [7, 11) is 0. The molecule has 0 saturated carbocycles. The van der Waals surface area contributed by atoms with E-state index >= 15 is 0 Å². The monoisotopic (exact) mass is 268 g/mol. The maximum atomic E-state index is 9.62. The van der Waals surface area contributed by atoms with Gasteiger partial charge in [0.15, 0.2) is 0 Å². The molecule has 72 valence electrons. The molecule has 1 aromatic carbocycles. The van der Waals surface area contributed by atoms with Crippen LogP contribution in [0.5, 0.6) is 5.75 Å². The van der Waals surface area contributed by atoms with Gasteiger partial charge >= 0.3 is 0 Å². The van der Waals surface area contributed by atoms with Gasteiger partial charge in [-0.15, -0.1) is 11.3 Å². The van der Waals surface area contributed by atoms with Crippen LogP contribution in [-0.2, 0) is 6.42 Å². The molecule has 0 spiro atoms. The first-order valence-corrected chi connectivity index (χ1v) is 5.93. The lowest BCUT2D eigenvalue weighted by molar-refractivity contribution is 0.469. The van der Waals surface area contributed by atoms with E-state index in [9.17, 15) is 5.11 Å². The molecule has 14 heavy (non-hydrogen) atoms. The molecule has 0 radical (unpaired) electrons. The molecule has 0 bridgehead atoms. The molecule has 1 heterocycles. The first-order chi connectivity index (χ1) is 6.75. The number of benzene rings is 1. The zero-order valence-electron chi connectivity index (χ0n) is 7.40. The van der Waals surface area contributed by atoms with E-state index in [0.717, 1.165) is 16.5 Å². The lowest BCUT2D eigenvalue weighted by Crippen LogP contribution is -1.85. The Morgan fingerprint density at radius 1 is 1.29 bits per heavy atom. The number of hydrogen-bond acceptors (Lipinski definition) is 2. The maximum Gasteiger partial charge on any atom is 0.119 e. The van der Waals surface area contributed by atoms with Gasteiger partial charge in [0, 0.05) is 21.3 Å². The van der Waals surface area contributed by atoms with Crippen LogP contribution in [0.25, 0.3) is 0 Å². The zero-order valence-corrected chi connectivity index (χ0v) is 9.81. The summed E-state index contributed by atoms with van der Waals surface area (Å²) in [6, 6.07) is 9.61. The molecule has 0 aliphatic rings. The Kier molecular flexibility index (Phi) is 2.89. The highest BCUT2D eigenvalue weighted by Crippen LogP contribution is 2.25. The van der Waals surface area contributed by atoms with Crippen molar-refractivity contribution in [3.05, 3.63) is 50.6 Å². The van der Waals surface area contributed by atoms with E-state index in [1.807, 2.05) is 23.6 Å². The number of halogens is 1. The smallest absolute Gasteiger partial charge is 0.119 e.